The number of aryl methyl sites for hydroxylation is 1. The zero-order valence-electron chi connectivity index (χ0n) is 7.34. The second-order valence-corrected chi connectivity index (χ2v) is 4.75. The van der Waals surface area contributed by atoms with Gasteiger partial charge in [0.1, 0.15) is 0 Å². The van der Waals surface area contributed by atoms with E-state index < -0.39 is 5.60 Å². The molecule has 1 N–H and O–H groups in total. The predicted octanol–water partition coefficient (Wildman–Crippen LogP) is 2.82. The Labute approximate surface area is 77.0 Å². The first-order valence-corrected chi connectivity index (χ1v) is 5.37. The van der Waals surface area contributed by atoms with E-state index >= 15 is 0 Å². The molecule has 2 heteroatoms. The lowest BCUT2D eigenvalue weighted by molar-refractivity contribution is 0.0443. The van der Waals surface area contributed by atoms with Crippen molar-refractivity contribution in [2.24, 2.45) is 0 Å². The molecule has 1 nitrogen and oxygen atoms in total. The topological polar surface area (TPSA) is 20.2 Å². The van der Waals surface area contributed by atoms with Gasteiger partial charge < -0.3 is 5.11 Å². The fourth-order valence-corrected chi connectivity index (χ4v) is 2.89. The van der Waals surface area contributed by atoms with Gasteiger partial charge in [-0.2, -0.15) is 0 Å². The van der Waals surface area contributed by atoms with Gasteiger partial charge in [-0.05, 0) is 36.8 Å². The van der Waals surface area contributed by atoms with Crippen molar-refractivity contribution in [3.8, 4) is 0 Å². The highest BCUT2D eigenvalue weighted by atomic mass is 32.1. The lowest BCUT2D eigenvalue weighted by Crippen LogP contribution is -2.20. The Morgan fingerprint density at radius 1 is 1.42 bits per heavy atom. The molecule has 1 aliphatic rings. The van der Waals surface area contributed by atoms with Crippen molar-refractivity contribution in [3.05, 3.63) is 21.9 Å². The van der Waals surface area contributed by atoms with Gasteiger partial charge in [0.2, 0.25) is 0 Å². The van der Waals surface area contributed by atoms with Gasteiger partial charge in [-0.3, -0.25) is 0 Å². The summed E-state index contributed by atoms with van der Waals surface area (Å²) in [4.78, 5) is 1.28. The van der Waals surface area contributed by atoms with Gasteiger partial charge in [0, 0.05) is 4.88 Å². The summed E-state index contributed by atoms with van der Waals surface area (Å²) < 4.78 is 0. The van der Waals surface area contributed by atoms with E-state index in [9.17, 15) is 5.11 Å². The molecule has 0 atom stereocenters. The molecule has 1 fully saturated rings. The molecule has 1 aromatic heterocycles. The van der Waals surface area contributed by atoms with Crippen LogP contribution in [0.1, 0.15) is 36.1 Å². The average Bonchev–Trinajstić information content (AvgIpc) is 2.59. The summed E-state index contributed by atoms with van der Waals surface area (Å²) in [6.45, 7) is 2.09. The molecule has 0 unspecified atom stereocenters. The summed E-state index contributed by atoms with van der Waals surface area (Å²) in [5.41, 5.74) is 0.689. The summed E-state index contributed by atoms with van der Waals surface area (Å²) >= 11 is 1.73. The molecular weight excluding hydrogens is 168 g/mol. The molecule has 0 aliphatic heterocycles. The number of hydrogen-bond donors (Lipinski definition) is 1. The highest BCUT2D eigenvalue weighted by Crippen LogP contribution is 2.41. The summed E-state index contributed by atoms with van der Waals surface area (Å²) in [5.74, 6) is 0. The van der Waals surface area contributed by atoms with Crippen molar-refractivity contribution in [2.75, 3.05) is 0 Å². The van der Waals surface area contributed by atoms with Gasteiger partial charge >= 0.3 is 0 Å². The molecule has 66 valence electrons. The maximum Gasteiger partial charge on any atom is 0.0907 e. The van der Waals surface area contributed by atoms with Crippen molar-refractivity contribution in [2.45, 2.75) is 38.2 Å². The Balaban J connectivity index is 2.34. The van der Waals surface area contributed by atoms with E-state index in [2.05, 4.69) is 18.4 Å². The molecule has 1 aromatic rings. The molecule has 0 spiro atoms. The highest BCUT2D eigenvalue weighted by Gasteiger charge is 2.34. The van der Waals surface area contributed by atoms with Crippen LogP contribution in [0.4, 0.5) is 0 Å². The van der Waals surface area contributed by atoms with Crippen molar-refractivity contribution >= 4 is 11.3 Å². The Bertz CT molecular complexity index is 271. The number of thiophene rings is 1. The smallest absolute Gasteiger partial charge is 0.0907 e. The first-order valence-electron chi connectivity index (χ1n) is 4.49. The van der Waals surface area contributed by atoms with E-state index in [0.717, 1.165) is 12.8 Å². The summed E-state index contributed by atoms with van der Waals surface area (Å²) in [6.07, 6.45) is 4.24. The van der Waals surface area contributed by atoms with Gasteiger partial charge in [-0.25, -0.2) is 0 Å². The Morgan fingerprint density at radius 2 is 2.08 bits per heavy atom. The molecule has 0 bridgehead atoms. The van der Waals surface area contributed by atoms with Crippen LogP contribution in [0.5, 0.6) is 0 Å². The van der Waals surface area contributed by atoms with Crippen molar-refractivity contribution in [1.82, 2.24) is 0 Å². The third-order valence-corrected chi connectivity index (χ3v) is 3.64. The van der Waals surface area contributed by atoms with Gasteiger partial charge in [0.15, 0.2) is 0 Å². The van der Waals surface area contributed by atoms with Crippen molar-refractivity contribution < 1.29 is 5.11 Å². The van der Waals surface area contributed by atoms with E-state index in [-0.39, 0.29) is 0 Å². The van der Waals surface area contributed by atoms with Crippen LogP contribution in [0.25, 0.3) is 0 Å². The monoisotopic (exact) mass is 182 g/mol. The van der Waals surface area contributed by atoms with E-state index in [0.29, 0.717) is 0 Å². The zero-order valence-corrected chi connectivity index (χ0v) is 8.16. The number of rotatable bonds is 1. The standard InChI is InChI=1S/C10H14OS/c1-8-9(4-7-12-8)10(11)5-2-3-6-10/h4,7,11H,2-3,5-6H2,1H3. The SMILES string of the molecule is Cc1sccc1C1(O)CCCC1. The Morgan fingerprint density at radius 3 is 2.58 bits per heavy atom. The fourth-order valence-electron chi connectivity index (χ4n) is 2.10. The summed E-state index contributed by atoms with van der Waals surface area (Å²) in [6, 6.07) is 2.07. The van der Waals surface area contributed by atoms with Gasteiger partial charge in [-0.15, -0.1) is 11.3 Å². The van der Waals surface area contributed by atoms with Crippen LogP contribution in [0.2, 0.25) is 0 Å². The van der Waals surface area contributed by atoms with Crippen LogP contribution >= 0.6 is 11.3 Å². The Kier molecular flexibility index (Phi) is 1.97. The molecule has 2 rings (SSSR count). The molecule has 0 radical (unpaired) electrons. The second-order valence-electron chi connectivity index (χ2n) is 3.63. The molecule has 0 aromatic carbocycles. The zero-order chi connectivity index (χ0) is 8.60. The predicted molar refractivity (Wildman–Crippen MR) is 51.4 cm³/mol. The Hall–Kier alpha value is -0.340. The molecule has 1 aliphatic carbocycles. The number of aliphatic hydroxyl groups is 1. The second kappa shape index (κ2) is 2.86. The first kappa shape index (κ1) is 8.27. The quantitative estimate of drug-likeness (QED) is 0.708. The minimum absolute atomic E-state index is 0.482. The maximum atomic E-state index is 10.2. The van der Waals surface area contributed by atoms with Gasteiger partial charge in [0.05, 0.1) is 5.60 Å². The summed E-state index contributed by atoms with van der Waals surface area (Å²) in [5, 5.41) is 12.3. The van der Waals surface area contributed by atoms with Crippen LogP contribution in [-0.4, -0.2) is 5.11 Å². The third kappa shape index (κ3) is 1.19. The lowest BCUT2D eigenvalue weighted by atomic mass is 9.93. The minimum atomic E-state index is -0.482. The van der Waals surface area contributed by atoms with Crippen LogP contribution < -0.4 is 0 Å². The van der Waals surface area contributed by atoms with Crippen LogP contribution in [-0.2, 0) is 5.60 Å². The van der Waals surface area contributed by atoms with Gasteiger partial charge in [-0.1, -0.05) is 12.8 Å². The van der Waals surface area contributed by atoms with E-state index in [4.69, 9.17) is 0 Å². The fraction of sp³-hybridized carbons (Fsp3) is 0.600. The van der Waals surface area contributed by atoms with E-state index in [1.807, 2.05) is 0 Å². The molecular formula is C10H14OS. The van der Waals surface area contributed by atoms with Crippen molar-refractivity contribution in [1.29, 1.82) is 0 Å². The highest BCUT2D eigenvalue weighted by molar-refractivity contribution is 7.10. The minimum Gasteiger partial charge on any atom is -0.385 e. The summed E-state index contributed by atoms with van der Waals surface area (Å²) in [7, 11) is 0. The van der Waals surface area contributed by atoms with Crippen LogP contribution in [0.15, 0.2) is 11.4 Å². The number of hydrogen-bond acceptors (Lipinski definition) is 2. The molecule has 1 heterocycles. The average molecular weight is 182 g/mol. The molecule has 1 saturated carbocycles. The van der Waals surface area contributed by atoms with Crippen molar-refractivity contribution in [3.63, 3.8) is 0 Å². The van der Waals surface area contributed by atoms with E-state index in [1.54, 1.807) is 11.3 Å². The largest absolute Gasteiger partial charge is 0.385 e. The molecule has 0 amide bonds. The molecule has 0 saturated heterocycles. The van der Waals surface area contributed by atoms with E-state index in [1.165, 1.54) is 23.3 Å². The normalized spacial score (nSPS) is 21.5. The van der Waals surface area contributed by atoms with Crippen LogP contribution in [0, 0.1) is 6.92 Å². The third-order valence-electron chi connectivity index (χ3n) is 2.79. The molecule has 12 heavy (non-hydrogen) atoms. The lowest BCUT2D eigenvalue weighted by Gasteiger charge is -2.21. The maximum absolute atomic E-state index is 10.2. The van der Waals surface area contributed by atoms with Gasteiger partial charge in [0.25, 0.3) is 0 Å². The van der Waals surface area contributed by atoms with Crippen LogP contribution in [0.3, 0.4) is 0 Å². The first-order chi connectivity index (χ1) is 5.72.